The minimum Gasteiger partial charge on any atom is -0.492 e. The van der Waals surface area contributed by atoms with Crippen molar-refractivity contribution in [1.29, 1.82) is 0 Å². The number of aromatic nitrogens is 2. The minimum absolute atomic E-state index is 0.402. The number of hydrogen-bond acceptors (Lipinski definition) is 6. The van der Waals surface area contributed by atoms with Crippen molar-refractivity contribution in [2.75, 3.05) is 19.7 Å². The summed E-state index contributed by atoms with van der Waals surface area (Å²) in [7, 11) is 0. The number of nitrogens with one attached hydrogen (secondary N) is 1. The molecule has 2 heterocycles. The van der Waals surface area contributed by atoms with Gasteiger partial charge in [0.2, 0.25) is 0 Å². The van der Waals surface area contributed by atoms with Gasteiger partial charge in [-0.25, -0.2) is 4.98 Å². The summed E-state index contributed by atoms with van der Waals surface area (Å²) in [6.07, 6.45) is -1.68. The van der Waals surface area contributed by atoms with Crippen LogP contribution in [-0.4, -0.2) is 34.8 Å². The SMILES string of the molecule is OC(CNCCOc1ccc(-c2csc(-c3ccc(C(F)(F)F)cc3)n2)cc1)c1cccnc1. The monoisotopic (exact) mass is 485 g/mol. The Morgan fingerprint density at radius 3 is 2.41 bits per heavy atom. The van der Waals surface area contributed by atoms with Gasteiger partial charge in [0.25, 0.3) is 0 Å². The van der Waals surface area contributed by atoms with Gasteiger partial charge in [-0.15, -0.1) is 11.3 Å². The third-order valence-electron chi connectivity index (χ3n) is 5.07. The fraction of sp³-hybridized carbons (Fsp3) is 0.200. The third-order valence-corrected chi connectivity index (χ3v) is 5.96. The molecule has 4 rings (SSSR count). The fourth-order valence-electron chi connectivity index (χ4n) is 3.23. The fourth-order valence-corrected chi connectivity index (χ4v) is 4.07. The summed E-state index contributed by atoms with van der Waals surface area (Å²) < 4.78 is 44.0. The largest absolute Gasteiger partial charge is 0.492 e. The Hall–Kier alpha value is -3.27. The minimum atomic E-state index is -4.35. The second-order valence-corrected chi connectivity index (χ2v) is 8.35. The van der Waals surface area contributed by atoms with E-state index in [0.29, 0.717) is 36.0 Å². The molecule has 2 aromatic carbocycles. The van der Waals surface area contributed by atoms with Crippen LogP contribution in [0, 0.1) is 0 Å². The van der Waals surface area contributed by atoms with Gasteiger partial charge in [0, 0.05) is 47.6 Å². The van der Waals surface area contributed by atoms with Crippen LogP contribution in [-0.2, 0) is 6.18 Å². The van der Waals surface area contributed by atoms with Crippen LogP contribution in [0.2, 0.25) is 0 Å². The van der Waals surface area contributed by atoms with E-state index in [4.69, 9.17) is 4.74 Å². The lowest BCUT2D eigenvalue weighted by atomic mass is 10.1. The molecule has 0 aliphatic carbocycles. The van der Waals surface area contributed by atoms with E-state index >= 15 is 0 Å². The molecule has 176 valence electrons. The van der Waals surface area contributed by atoms with Crippen molar-refractivity contribution < 1.29 is 23.0 Å². The first-order valence-electron chi connectivity index (χ1n) is 10.6. The first-order valence-corrected chi connectivity index (χ1v) is 11.4. The van der Waals surface area contributed by atoms with E-state index in [1.165, 1.54) is 23.5 Å². The van der Waals surface area contributed by atoms with Crippen molar-refractivity contribution in [3.63, 3.8) is 0 Å². The molecular weight excluding hydrogens is 463 g/mol. The van der Waals surface area contributed by atoms with Crippen molar-refractivity contribution in [2.24, 2.45) is 0 Å². The zero-order valence-corrected chi connectivity index (χ0v) is 18.8. The highest BCUT2D eigenvalue weighted by atomic mass is 32.1. The number of halogens is 3. The van der Waals surface area contributed by atoms with E-state index in [-0.39, 0.29) is 0 Å². The van der Waals surface area contributed by atoms with Crippen molar-refractivity contribution >= 4 is 11.3 Å². The van der Waals surface area contributed by atoms with E-state index in [2.05, 4.69) is 15.3 Å². The number of ether oxygens (including phenoxy) is 1. The van der Waals surface area contributed by atoms with Gasteiger partial charge in [-0.2, -0.15) is 13.2 Å². The highest BCUT2D eigenvalue weighted by Gasteiger charge is 2.30. The molecule has 0 spiro atoms. The Kier molecular flexibility index (Phi) is 7.56. The van der Waals surface area contributed by atoms with Gasteiger partial charge in [0.1, 0.15) is 17.4 Å². The van der Waals surface area contributed by atoms with Crippen molar-refractivity contribution in [2.45, 2.75) is 12.3 Å². The molecule has 1 unspecified atom stereocenters. The normalized spacial score (nSPS) is 12.5. The smallest absolute Gasteiger partial charge is 0.416 e. The Bertz CT molecular complexity index is 1180. The van der Waals surface area contributed by atoms with Gasteiger partial charge in [0.15, 0.2) is 0 Å². The lowest BCUT2D eigenvalue weighted by Crippen LogP contribution is -2.26. The lowest BCUT2D eigenvalue weighted by Gasteiger charge is -2.12. The molecule has 2 N–H and O–H groups in total. The Morgan fingerprint density at radius 1 is 1.00 bits per heavy atom. The predicted molar refractivity (Wildman–Crippen MR) is 126 cm³/mol. The number of benzene rings is 2. The van der Waals surface area contributed by atoms with Crippen LogP contribution in [0.25, 0.3) is 21.8 Å². The molecule has 1 atom stereocenters. The van der Waals surface area contributed by atoms with Gasteiger partial charge in [-0.05, 0) is 42.5 Å². The molecule has 9 heteroatoms. The van der Waals surface area contributed by atoms with Crippen molar-refractivity contribution in [3.05, 3.63) is 89.6 Å². The van der Waals surface area contributed by atoms with E-state index in [1.807, 2.05) is 35.7 Å². The summed E-state index contributed by atoms with van der Waals surface area (Å²) in [4.78, 5) is 8.55. The van der Waals surface area contributed by atoms with Crippen molar-refractivity contribution in [1.82, 2.24) is 15.3 Å². The number of aliphatic hydroxyl groups excluding tert-OH is 1. The predicted octanol–water partition coefficient (Wildman–Crippen LogP) is 5.59. The molecule has 0 bridgehead atoms. The molecular formula is C25H22F3N3O2S. The van der Waals surface area contributed by atoms with E-state index in [9.17, 15) is 18.3 Å². The maximum Gasteiger partial charge on any atom is 0.416 e. The van der Waals surface area contributed by atoms with E-state index < -0.39 is 17.8 Å². The van der Waals surface area contributed by atoms with Gasteiger partial charge >= 0.3 is 6.18 Å². The maximum absolute atomic E-state index is 12.8. The van der Waals surface area contributed by atoms with Gasteiger partial charge < -0.3 is 15.2 Å². The van der Waals surface area contributed by atoms with Crippen LogP contribution in [0.15, 0.2) is 78.4 Å². The Morgan fingerprint density at radius 2 is 1.74 bits per heavy atom. The first kappa shape index (κ1) is 23.9. The number of nitrogens with zero attached hydrogens (tertiary/aromatic N) is 2. The third kappa shape index (κ3) is 6.19. The first-order chi connectivity index (χ1) is 16.4. The molecule has 0 saturated carbocycles. The van der Waals surface area contributed by atoms with Crippen LogP contribution in [0.3, 0.4) is 0 Å². The molecule has 4 aromatic rings. The molecule has 0 saturated heterocycles. The van der Waals surface area contributed by atoms with Gasteiger partial charge in [-0.1, -0.05) is 18.2 Å². The number of pyridine rings is 1. The maximum atomic E-state index is 12.8. The molecule has 0 amide bonds. The van der Waals surface area contributed by atoms with E-state index in [0.717, 1.165) is 29.0 Å². The van der Waals surface area contributed by atoms with Crippen LogP contribution in [0.4, 0.5) is 13.2 Å². The van der Waals surface area contributed by atoms with Crippen LogP contribution < -0.4 is 10.1 Å². The number of thiazole rings is 1. The molecule has 34 heavy (non-hydrogen) atoms. The number of aliphatic hydroxyl groups is 1. The lowest BCUT2D eigenvalue weighted by molar-refractivity contribution is -0.137. The highest BCUT2D eigenvalue weighted by Crippen LogP contribution is 2.33. The van der Waals surface area contributed by atoms with Crippen LogP contribution in [0.1, 0.15) is 17.2 Å². The molecule has 0 fully saturated rings. The van der Waals surface area contributed by atoms with E-state index in [1.54, 1.807) is 18.5 Å². The summed E-state index contributed by atoms with van der Waals surface area (Å²) >= 11 is 1.38. The van der Waals surface area contributed by atoms with Gasteiger partial charge in [0.05, 0.1) is 17.4 Å². The number of rotatable bonds is 9. The molecule has 0 aliphatic rings. The molecule has 5 nitrogen and oxygen atoms in total. The topological polar surface area (TPSA) is 67.3 Å². The zero-order valence-electron chi connectivity index (χ0n) is 18.0. The average Bonchev–Trinajstić information content (AvgIpc) is 3.34. The average molecular weight is 486 g/mol. The summed E-state index contributed by atoms with van der Waals surface area (Å²) in [6.45, 7) is 1.41. The van der Waals surface area contributed by atoms with Crippen LogP contribution in [0.5, 0.6) is 5.75 Å². The van der Waals surface area contributed by atoms with Crippen LogP contribution >= 0.6 is 11.3 Å². The second kappa shape index (κ2) is 10.8. The summed E-state index contributed by atoms with van der Waals surface area (Å²) in [5, 5.41) is 15.8. The summed E-state index contributed by atoms with van der Waals surface area (Å²) in [5.74, 6) is 0.705. The molecule has 0 radical (unpaired) electrons. The zero-order chi connectivity index (χ0) is 24.0. The standard InChI is InChI=1S/C25H22F3N3O2S/c26-25(27,28)20-7-3-18(4-8-20)24-31-22(16-34-24)17-5-9-21(10-6-17)33-13-12-30-15-23(32)19-2-1-11-29-14-19/h1-11,14,16,23,30,32H,12-13,15H2. The number of alkyl halides is 3. The Labute approximate surface area is 198 Å². The number of hydrogen-bond donors (Lipinski definition) is 2. The second-order valence-electron chi connectivity index (χ2n) is 7.49. The summed E-state index contributed by atoms with van der Waals surface area (Å²) in [6, 6.07) is 16.1. The molecule has 0 aliphatic heterocycles. The summed E-state index contributed by atoms with van der Waals surface area (Å²) in [5.41, 5.74) is 2.36. The Balaban J connectivity index is 1.26. The van der Waals surface area contributed by atoms with Gasteiger partial charge in [-0.3, -0.25) is 4.98 Å². The van der Waals surface area contributed by atoms with Crippen molar-refractivity contribution in [3.8, 4) is 27.6 Å². The highest BCUT2D eigenvalue weighted by molar-refractivity contribution is 7.13. The molecule has 2 aromatic heterocycles. The quantitative estimate of drug-likeness (QED) is 0.303.